The molecule has 0 saturated carbocycles. The van der Waals surface area contributed by atoms with Crippen LogP contribution in [0.15, 0.2) is 48.5 Å². The van der Waals surface area contributed by atoms with Crippen LogP contribution in [0.1, 0.15) is 35.1 Å². The van der Waals surface area contributed by atoms with Gasteiger partial charge in [0.25, 0.3) is 0 Å². The largest absolute Gasteiger partial charge is 0.441 e. The topological polar surface area (TPSA) is 38.3 Å². The van der Waals surface area contributed by atoms with Crippen LogP contribution in [0.25, 0.3) is 0 Å². The summed E-state index contributed by atoms with van der Waals surface area (Å²) in [5.41, 5.74) is 2.86. The average molecular weight is 299 g/mol. The maximum Gasteiger partial charge on any atom is 0.407 e. The van der Waals surface area contributed by atoms with Crippen molar-refractivity contribution in [2.75, 3.05) is 7.05 Å². The first kappa shape index (κ1) is 14.6. The highest BCUT2D eigenvalue weighted by molar-refractivity contribution is 5.67. The van der Waals surface area contributed by atoms with Crippen LogP contribution in [0, 0.1) is 5.82 Å². The maximum atomic E-state index is 13.9. The Labute approximate surface area is 129 Å². The van der Waals surface area contributed by atoms with Crippen molar-refractivity contribution in [1.29, 1.82) is 0 Å². The molecule has 2 atom stereocenters. The van der Waals surface area contributed by atoms with E-state index in [0.717, 1.165) is 11.1 Å². The van der Waals surface area contributed by atoms with Crippen molar-refractivity contribution in [1.82, 2.24) is 5.32 Å². The van der Waals surface area contributed by atoms with E-state index in [1.54, 1.807) is 13.1 Å². The molecule has 0 radical (unpaired) electrons. The van der Waals surface area contributed by atoms with Crippen molar-refractivity contribution in [3.8, 4) is 0 Å². The highest BCUT2D eigenvalue weighted by Gasteiger charge is 2.33. The van der Waals surface area contributed by atoms with E-state index < -0.39 is 6.09 Å². The van der Waals surface area contributed by atoms with E-state index in [-0.39, 0.29) is 17.8 Å². The van der Waals surface area contributed by atoms with Gasteiger partial charge in [0.2, 0.25) is 0 Å². The van der Waals surface area contributed by atoms with Crippen LogP contribution in [-0.4, -0.2) is 13.1 Å². The van der Waals surface area contributed by atoms with E-state index in [1.165, 1.54) is 6.07 Å². The van der Waals surface area contributed by atoms with E-state index in [2.05, 4.69) is 5.32 Å². The molecular formula is C18H18FNO2. The van der Waals surface area contributed by atoms with E-state index in [9.17, 15) is 9.18 Å². The number of hydrogen-bond donors (Lipinski definition) is 1. The van der Waals surface area contributed by atoms with E-state index in [4.69, 9.17) is 4.74 Å². The van der Waals surface area contributed by atoms with Crippen molar-refractivity contribution >= 4 is 6.09 Å². The predicted octanol–water partition coefficient (Wildman–Crippen LogP) is 3.95. The molecule has 3 rings (SSSR count). The number of amides is 1. The van der Waals surface area contributed by atoms with Crippen LogP contribution < -0.4 is 5.32 Å². The minimum absolute atomic E-state index is 0.155. The van der Waals surface area contributed by atoms with Gasteiger partial charge in [-0.3, -0.25) is 0 Å². The second-order valence-corrected chi connectivity index (χ2v) is 5.50. The molecule has 4 heteroatoms. The van der Waals surface area contributed by atoms with Gasteiger partial charge in [0.15, 0.2) is 0 Å². The Balaban J connectivity index is 1.85. The first-order valence-electron chi connectivity index (χ1n) is 7.39. The first-order valence-corrected chi connectivity index (χ1v) is 7.39. The Morgan fingerprint density at radius 3 is 2.59 bits per heavy atom. The van der Waals surface area contributed by atoms with Gasteiger partial charge in [-0.15, -0.1) is 0 Å². The van der Waals surface area contributed by atoms with Crippen molar-refractivity contribution in [3.63, 3.8) is 0 Å². The quantitative estimate of drug-likeness (QED) is 0.932. The summed E-state index contributed by atoms with van der Waals surface area (Å²) in [6, 6.07) is 14.7. The molecule has 2 unspecified atom stereocenters. The third kappa shape index (κ3) is 2.82. The zero-order chi connectivity index (χ0) is 15.5. The normalized spacial score (nSPS) is 19.5. The number of rotatable bonds is 3. The molecule has 0 aromatic heterocycles. The molecule has 22 heavy (non-hydrogen) atoms. The van der Waals surface area contributed by atoms with Gasteiger partial charge >= 0.3 is 6.09 Å². The minimum atomic E-state index is -0.439. The summed E-state index contributed by atoms with van der Waals surface area (Å²) >= 11 is 0. The van der Waals surface area contributed by atoms with Crippen LogP contribution >= 0.6 is 0 Å². The molecule has 0 bridgehead atoms. The number of alkyl carbamates (subject to hydrolysis) is 1. The molecule has 0 aliphatic heterocycles. The van der Waals surface area contributed by atoms with Gasteiger partial charge in [0, 0.05) is 7.05 Å². The SMILES string of the molecule is CNC(=O)OC1CC(Cc2ccccc2F)c2ccccc21. The number of carbonyl (C=O) groups excluding carboxylic acids is 1. The van der Waals surface area contributed by atoms with Crippen molar-refractivity contribution in [2.45, 2.75) is 24.9 Å². The number of halogens is 1. The lowest BCUT2D eigenvalue weighted by Crippen LogP contribution is -2.21. The molecule has 0 fully saturated rings. The molecule has 2 aromatic carbocycles. The van der Waals surface area contributed by atoms with E-state index in [1.807, 2.05) is 36.4 Å². The van der Waals surface area contributed by atoms with E-state index >= 15 is 0 Å². The molecule has 1 N–H and O–H groups in total. The van der Waals surface area contributed by atoms with Gasteiger partial charge in [-0.25, -0.2) is 9.18 Å². The van der Waals surface area contributed by atoms with Crippen molar-refractivity contribution in [3.05, 3.63) is 71.0 Å². The molecule has 3 nitrogen and oxygen atoms in total. The fourth-order valence-corrected chi connectivity index (χ4v) is 3.11. The highest BCUT2D eigenvalue weighted by Crippen LogP contribution is 2.44. The van der Waals surface area contributed by atoms with Crippen LogP contribution in [0.5, 0.6) is 0 Å². The summed E-state index contributed by atoms with van der Waals surface area (Å²) in [7, 11) is 1.54. The molecule has 2 aromatic rings. The second-order valence-electron chi connectivity index (χ2n) is 5.50. The third-order valence-electron chi connectivity index (χ3n) is 4.16. The molecule has 1 aliphatic rings. The summed E-state index contributed by atoms with van der Waals surface area (Å²) in [5, 5.41) is 2.48. The van der Waals surface area contributed by atoms with Gasteiger partial charge in [0.1, 0.15) is 11.9 Å². The Kier molecular flexibility index (Phi) is 4.09. The van der Waals surface area contributed by atoms with Crippen LogP contribution in [0.4, 0.5) is 9.18 Å². The lowest BCUT2D eigenvalue weighted by atomic mass is 9.93. The summed E-state index contributed by atoms with van der Waals surface area (Å²) in [6.07, 6.45) is 0.581. The smallest absolute Gasteiger partial charge is 0.407 e. The Morgan fingerprint density at radius 2 is 1.86 bits per heavy atom. The summed E-state index contributed by atoms with van der Waals surface area (Å²) < 4.78 is 19.3. The molecular weight excluding hydrogens is 281 g/mol. The van der Waals surface area contributed by atoms with Gasteiger partial charge in [0.05, 0.1) is 0 Å². The molecule has 1 amide bonds. The van der Waals surface area contributed by atoms with Crippen LogP contribution in [0.2, 0.25) is 0 Å². The number of carbonyl (C=O) groups is 1. The summed E-state index contributed by atoms with van der Waals surface area (Å²) in [5.74, 6) is -0.0293. The number of benzene rings is 2. The maximum absolute atomic E-state index is 13.9. The van der Waals surface area contributed by atoms with Gasteiger partial charge < -0.3 is 10.1 Å². The fourth-order valence-electron chi connectivity index (χ4n) is 3.11. The zero-order valence-electron chi connectivity index (χ0n) is 12.4. The number of fused-ring (bicyclic) bond motifs is 1. The molecule has 1 aliphatic carbocycles. The summed E-state index contributed by atoms with van der Waals surface area (Å²) in [4.78, 5) is 11.5. The first-order chi connectivity index (χ1) is 10.7. The Hall–Kier alpha value is -2.36. The van der Waals surface area contributed by atoms with Crippen LogP contribution in [-0.2, 0) is 11.2 Å². The third-order valence-corrected chi connectivity index (χ3v) is 4.16. The van der Waals surface area contributed by atoms with Crippen LogP contribution in [0.3, 0.4) is 0 Å². The molecule has 0 saturated heterocycles. The summed E-state index contributed by atoms with van der Waals surface area (Å²) in [6.45, 7) is 0. The Bertz CT molecular complexity index is 686. The highest BCUT2D eigenvalue weighted by atomic mass is 19.1. The lowest BCUT2D eigenvalue weighted by Gasteiger charge is -2.13. The number of nitrogens with one attached hydrogen (secondary N) is 1. The minimum Gasteiger partial charge on any atom is -0.441 e. The molecule has 0 heterocycles. The molecule has 114 valence electrons. The van der Waals surface area contributed by atoms with Crippen molar-refractivity contribution in [2.24, 2.45) is 0 Å². The second kappa shape index (κ2) is 6.18. The van der Waals surface area contributed by atoms with Gasteiger partial charge in [-0.1, -0.05) is 42.5 Å². The van der Waals surface area contributed by atoms with Gasteiger partial charge in [-0.05, 0) is 41.5 Å². The molecule has 0 spiro atoms. The number of hydrogen-bond acceptors (Lipinski definition) is 2. The zero-order valence-corrected chi connectivity index (χ0v) is 12.4. The fraction of sp³-hybridized carbons (Fsp3) is 0.278. The predicted molar refractivity (Wildman–Crippen MR) is 82.2 cm³/mol. The van der Waals surface area contributed by atoms with Crippen molar-refractivity contribution < 1.29 is 13.9 Å². The lowest BCUT2D eigenvalue weighted by molar-refractivity contribution is 0.0972. The monoisotopic (exact) mass is 299 g/mol. The van der Waals surface area contributed by atoms with E-state index in [0.29, 0.717) is 18.4 Å². The number of ether oxygens (including phenoxy) is 1. The standard InChI is InChI=1S/C18H18FNO2/c1-20-18(21)22-17-11-13(14-7-3-4-8-15(14)17)10-12-6-2-5-9-16(12)19/h2-9,13,17H,10-11H2,1H3,(H,20,21). The average Bonchev–Trinajstić information content (AvgIpc) is 2.88. The Morgan fingerprint density at radius 1 is 1.18 bits per heavy atom. The van der Waals surface area contributed by atoms with Gasteiger partial charge in [-0.2, -0.15) is 0 Å².